The SMILES string of the molecule is COCCn1ccc2cc(NC(=O)c3cccc(NC(=O)c4cccnc4)c3)ccc21. The molecular formula is C24H22N4O3. The van der Waals surface area contributed by atoms with Crippen LogP contribution in [0.5, 0.6) is 0 Å². The van der Waals surface area contributed by atoms with Crippen molar-refractivity contribution >= 4 is 34.1 Å². The van der Waals surface area contributed by atoms with Gasteiger partial charge in [0.25, 0.3) is 11.8 Å². The van der Waals surface area contributed by atoms with Gasteiger partial charge in [0.2, 0.25) is 0 Å². The minimum atomic E-state index is -0.283. The number of benzene rings is 2. The Kier molecular flexibility index (Phi) is 6.05. The molecule has 2 aromatic heterocycles. The highest BCUT2D eigenvalue weighted by Crippen LogP contribution is 2.21. The third-order valence-corrected chi connectivity index (χ3v) is 4.87. The largest absolute Gasteiger partial charge is 0.383 e. The van der Waals surface area contributed by atoms with Gasteiger partial charge in [0.05, 0.1) is 12.2 Å². The number of hydrogen-bond donors (Lipinski definition) is 2. The number of pyridine rings is 1. The van der Waals surface area contributed by atoms with Gasteiger partial charge in [0, 0.05) is 60.1 Å². The number of anilines is 2. The highest BCUT2D eigenvalue weighted by molar-refractivity contribution is 6.07. The number of ether oxygens (including phenoxy) is 1. The molecule has 2 amide bonds. The molecule has 0 bridgehead atoms. The first-order valence-corrected chi connectivity index (χ1v) is 9.85. The second kappa shape index (κ2) is 9.23. The summed E-state index contributed by atoms with van der Waals surface area (Å²) < 4.78 is 7.25. The molecule has 2 heterocycles. The predicted molar refractivity (Wildman–Crippen MR) is 120 cm³/mol. The maximum absolute atomic E-state index is 12.7. The van der Waals surface area contributed by atoms with Crippen LogP contribution >= 0.6 is 0 Å². The van der Waals surface area contributed by atoms with Crippen molar-refractivity contribution in [2.75, 3.05) is 24.4 Å². The van der Waals surface area contributed by atoms with Crippen molar-refractivity contribution in [2.45, 2.75) is 6.54 Å². The monoisotopic (exact) mass is 414 g/mol. The summed E-state index contributed by atoms with van der Waals surface area (Å²) in [5.74, 6) is -0.537. The lowest BCUT2D eigenvalue weighted by Crippen LogP contribution is -2.14. The van der Waals surface area contributed by atoms with Gasteiger partial charge in [-0.2, -0.15) is 0 Å². The quantitative estimate of drug-likeness (QED) is 0.475. The van der Waals surface area contributed by atoms with Gasteiger partial charge < -0.3 is 19.9 Å². The number of nitrogens with zero attached hydrogens (tertiary/aromatic N) is 2. The van der Waals surface area contributed by atoms with Gasteiger partial charge in [-0.15, -0.1) is 0 Å². The van der Waals surface area contributed by atoms with E-state index in [1.807, 2.05) is 30.5 Å². The van der Waals surface area contributed by atoms with Crippen molar-refractivity contribution in [1.82, 2.24) is 9.55 Å². The van der Waals surface area contributed by atoms with Crippen molar-refractivity contribution in [3.63, 3.8) is 0 Å². The molecule has 2 aromatic carbocycles. The Bertz CT molecular complexity index is 1220. The Balaban J connectivity index is 1.46. The van der Waals surface area contributed by atoms with E-state index < -0.39 is 0 Å². The first kappa shape index (κ1) is 20.3. The first-order chi connectivity index (χ1) is 15.1. The van der Waals surface area contributed by atoms with Gasteiger partial charge in [-0.05, 0) is 54.6 Å². The molecule has 156 valence electrons. The second-order valence-electron chi connectivity index (χ2n) is 7.01. The van der Waals surface area contributed by atoms with E-state index >= 15 is 0 Å². The molecule has 7 heteroatoms. The molecule has 0 fully saturated rings. The summed E-state index contributed by atoms with van der Waals surface area (Å²) in [6.45, 7) is 1.40. The van der Waals surface area contributed by atoms with Crippen LogP contribution < -0.4 is 10.6 Å². The van der Waals surface area contributed by atoms with E-state index in [1.54, 1.807) is 49.7 Å². The van der Waals surface area contributed by atoms with E-state index in [4.69, 9.17) is 4.74 Å². The fourth-order valence-electron chi connectivity index (χ4n) is 3.30. The van der Waals surface area contributed by atoms with Crippen molar-refractivity contribution in [2.24, 2.45) is 0 Å². The number of methoxy groups -OCH3 is 1. The number of carbonyl (C=O) groups is 2. The molecule has 0 unspecified atom stereocenters. The van der Waals surface area contributed by atoms with Gasteiger partial charge in [-0.25, -0.2) is 0 Å². The minimum Gasteiger partial charge on any atom is -0.383 e. The zero-order valence-electron chi connectivity index (χ0n) is 17.0. The molecule has 31 heavy (non-hydrogen) atoms. The molecule has 0 radical (unpaired) electrons. The van der Waals surface area contributed by atoms with E-state index in [-0.39, 0.29) is 11.8 Å². The number of aromatic nitrogens is 2. The maximum atomic E-state index is 12.7. The van der Waals surface area contributed by atoms with E-state index in [9.17, 15) is 9.59 Å². The summed E-state index contributed by atoms with van der Waals surface area (Å²) in [6, 6.07) is 18.0. The fourth-order valence-corrected chi connectivity index (χ4v) is 3.30. The highest BCUT2D eigenvalue weighted by Gasteiger charge is 2.11. The van der Waals surface area contributed by atoms with Crippen LogP contribution in [0.15, 0.2) is 79.3 Å². The molecular weight excluding hydrogens is 392 g/mol. The fraction of sp³-hybridized carbons (Fsp3) is 0.125. The van der Waals surface area contributed by atoms with E-state index in [2.05, 4.69) is 20.2 Å². The average molecular weight is 414 g/mol. The van der Waals surface area contributed by atoms with Crippen LogP contribution in [0.1, 0.15) is 20.7 Å². The van der Waals surface area contributed by atoms with Crippen LogP contribution in [0.25, 0.3) is 10.9 Å². The molecule has 0 aliphatic heterocycles. The average Bonchev–Trinajstić information content (AvgIpc) is 3.20. The second-order valence-corrected chi connectivity index (χ2v) is 7.01. The summed E-state index contributed by atoms with van der Waals surface area (Å²) >= 11 is 0. The predicted octanol–water partition coefficient (Wildman–Crippen LogP) is 4.19. The Hall–Kier alpha value is -3.97. The Labute approximate surface area is 179 Å². The lowest BCUT2D eigenvalue weighted by molar-refractivity contribution is 0.101. The number of fused-ring (bicyclic) bond motifs is 1. The van der Waals surface area contributed by atoms with Crippen molar-refractivity contribution in [1.29, 1.82) is 0 Å². The summed E-state index contributed by atoms with van der Waals surface area (Å²) in [5.41, 5.74) is 3.21. The molecule has 4 aromatic rings. The Morgan fingerprint density at radius 3 is 2.48 bits per heavy atom. The summed E-state index contributed by atoms with van der Waals surface area (Å²) in [7, 11) is 1.68. The molecule has 0 aliphatic carbocycles. The normalized spacial score (nSPS) is 10.7. The van der Waals surface area contributed by atoms with Crippen molar-refractivity contribution in [3.8, 4) is 0 Å². The lowest BCUT2D eigenvalue weighted by atomic mass is 10.1. The van der Waals surface area contributed by atoms with Crippen LogP contribution in [0.4, 0.5) is 11.4 Å². The number of rotatable bonds is 7. The Morgan fingerprint density at radius 1 is 0.935 bits per heavy atom. The van der Waals surface area contributed by atoms with Gasteiger partial charge in [0.1, 0.15) is 0 Å². The number of amides is 2. The molecule has 0 aliphatic rings. The van der Waals surface area contributed by atoms with Crippen molar-refractivity contribution < 1.29 is 14.3 Å². The molecule has 7 nitrogen and oxygen atoms in total. The topological polar surface area (TPSA) is 85.2 Å². The van der Waals surface area contributed by atoms with Gasteiger partial charge in [-0.1, -0.05) is 6.07 Å². The van der Waals surface area contributed by atoms with Crippen molar-refractivity contribution in [3.05, 3.63) is 90.4 Å². The number of nitrogens with one attached hydrogen (secondary N) is 2. The van der Waals surface area contributed by atoms with E-state index in [0.717, 1.165) is 17.4 Å². The van der Waals surface area contributed by atoms with Crippen LogP contribution in [-0.2, 0) is 11.3 Å². The van der Waals surface area contributed by atoms with E-state index in [0.29, 0.717) is 29.1 Å². The third kappa shape index (κ3) is 4.79. The molecule has 0 spiro atoms. The zero-order chi connectivity index (χ0) is 21.6. The molecule has 0 atom stereocenters. The summed E-state index contributed by atoms with van der Waals surface area (Å²) in [5, 5.41) is 6.74. The number of hydrogen-bond acceptors (Lipinski definition) is 4. The zero-order valence-corrected chi connectivity index (χ0v) is 17.0. The van der Waals surface area contributed by atoms with Crippen LogP contribution in [-0.4, -0.2) is 35.1 Å². The third-order valence-electron chi connectivity index (χ3n) is 4.87. The standard InChI is InChI=1S/C24H22N4O3/c1-31-13-12-28-11-9-17-14-21(7-8-22(17)28)27-23(29)18-4-2-6-20(15-18)26-24(30)19-5-3-10-25-16-19/h2-11,14-16H,12-13H2,1H3,(H,26,30)(H,27,29). The van der Waals surface area contributed by atoms with Gasteiger partial charge in [-0.3, -0.25) is 14.6 Å². The van der Waals surface area contributed by atoms with Crippen LogP contribution in [0, 0.1) is 0 Å². The molecule has 0 saturated carbocycles. The smallest absolute Gasteiger partial charge is 0.257 e. The molecule has 2 N–H and O–H groups in total. The first-order valence-electron chi connectivity index (χ1n) is 9.85. The minimum absolute atomic E-state index is 0.254. The molecule has 4 rings (SSSR count). The van der Waals surface area contributed by atoms with E-state index in [1.165, 1.54) is 6.20 Å². The number of carbonyl (C=O) groups excluding carboxylic acids is 2. The van der Waals surface area contributed by atoms with Crippen LogP contribution in [0.3, 0.4) is 0 Å². The van der Waals surface area contributed by atoms with Crippen LogP contribution in [0.2, 0.25) is 0 Å². The van der Waals surface area contributed by atoms with Gasteiger partial charge in [0.15, 0.2) is 0 Å². The molecule has 0 saturated heterocycles. The maximum Gasteiger partial charge on any atom is 0.257 e. The Morgan fingerprint density at radius 2 is 1.71 bits per heavy atom. The highest BCUT2D eigenvalue weighted by atomic mass is 16.5. The summed E-state index contributed by atoms with van der Waals surface area (Å²) in [4.78, 5) is 29.0. The van der Waals surface area contributed by atoms with Gasteiger partial charge >= 0.3 is 0 Å². The lowest BCUT2D eigenvalue weighted by Gasteiger charge is -2.09. The summed E-state index contributed by atoms with van der Waals surface area (Å²) in [6.07, 6.45) is 5.10.